The highest BCUT2D eigenvalue weighted by atomic mass is 35.5. The summed E-state index contributed by atoms with van der Waals surface area (Å²) >= 11 is 12.0. The van der Waals surface area contributed by atoms with Crippen molar-refractivity contribution in [2.24, 2.45) is 5.10 Å². The number of benzene rings is 2. The molecule has 4 nitrogen and oxygen atoms in total. The maximum Gasteiger partial charge on any atom is 0.271 e. The molecular weight excluding hydrogens is 311 g/mol. The molecular formula is C15H12Cl2N2O2. The van der Waals surface area contributed by atoms with Crippen molar-refractivity contribution in [3.63, 3.8) is 0 Å². The van der Waals surface area contributed by atoms with Gasteiger partial charge in [-0.05, 0) is 30.3 Å². The van der Waals surface area contributed by atoms with Gasteiger partial charge in [0.05, 0.1) is 23.4 Å². The van der Waals surface area contributed by atoms with Crippen molar-refractivity contribution in [1.82, 2.24) is 5.43 Å². The molecule has 0 spiro atoms. The van der Waals surface area contributed by atoms with Crippen LogP contribution >= 0.6 is 23.2 Å². The van der Waals surface area contributed by atoms with E-state index in [1.165, 1.54) is 13.3 Å². The highest BCUT2D eigenvalue weighted by Gasteiger charge is 2.06. The Morgan fingerprint density at radius 3 is 2.52 bits per heavy atom. The fourth-order valence-corrected chi connectivity index (χ4v) is 2.11. The van der Waals surface area contributed by atoms with Gasteiger partial charge in [-0.3, -0.25) is 4.79 Å². The Bertz CT molecular complexity index is 667. The number of hydrazone groups is 1. The molecule has 0 atom stereocenters. The lowest BCUT2D eigenvalue weighted by Crippen LogP contribution is -2.17. The summed E-state index contributed by atoms with van der Waals surface area (Å²) in [5.41, 5.74) is 3.40. The van der Waals surface area contributed by atoms with E-state index < -0.39 is 0 Å². The Morgan fingerprint density at radius 2 is 1.86 bits per heavy atom. The summed E-state index contributed by atoms with van der Waals surface area (Å²) in [6.07, 6.45) is 1.41. The van der Waals surface area contributed by atoms with Crippen molar-refractivity contribution in [2.75, 3.05) is 7.11 Å². The second kappa shape index (κ2) is 7.11. The lowest BCUT2D eigenvalue weighted by Gasteiger charge is -2.03. The van der Waals surface area contributed by atoms with E-state index in [9.17, 15) is 4.79 Å². The maximum absolute atomic E-state index is 11.9. The molecule has 21 heavy (non-hydrogen) atoms. The molecule has 0 fully saturated rings. The first-order chi connectivity index (χ1) is 10.1. The maximum atomic E-state index is 11.9. The molecule has 0 bridgehead atoms. The third kappa shape index (κ3) is 3.97. The van der Waals surface area contributed by atoms with Gasteiger partial charge in [0.2, 0.25) is 0 Å². The number of ether oxygens (including phenoxy) is 1. The Kier molecular flexibility index (Phi) is 5.20. The summed E-state index contributed by atoms with van der Waals surface area (Å²) in [5.74, 6) is 0.245. The molecule has 0 saturated carbocycles. The van der Waals surface area contributed by atoms with E-state index in [0.29, 0.717) is 26.9 Å². The molecule has 0 heterocycles. The van der Waals surface area contributed by atoms with E-state index in [2.05, 4.69) is 10.5 Å². The molecule has 6 heteroatoms. The number of halogens is 2. The van der Waals surface area contributed by atoms with Gasteiger partial charge in [-0.15, -0.1) is 0 Å². The lowest BCUT2D eigenvalue weighted by atomic mass is 10.2. The number of amides is 1. The minimum absolute atomic E-state index is 0.353. The molecule has 0 aromatic heterocycles. The number of hydrogen-bond donors (Lipinski definition) is 1. The van der Waals surface area contributed by atoms with E-state index in [4.69, 9.17) is 27.9 Å². The monoisotopic (exact) mass is 322 g/mol. The first kappa shape index (κ1) is 15.4. The summed E-state index contributed by atoms with van der Waals surface area (Å²) in [4.78, 5) is 11.9. The predicted octanol–water partition coefficient (Wildman–Crippen LogP) is 3.77. The molecule has 2 rings (SSSR count). The summed E-state index contributed by atoms with van der Waals surface area (Å²) in [6, 6.07) is 11.9. The summed E-state index contributed by atoms with van der Waals surface area (Å²) in [6.45, 7) is 0. The second-order valence-electron chi connectivity index (χ2n) is 4.07. The number of nitrogens with one attached hydrogen (secondary N) is 1. The van der Waals surface area contributed by atoms with Crippen LogP contribution in [0, 0.1) is 0 Å². The zero-order valence-corrected chi connectivity index (χ0v) is 12.7. The fourth-order valence-electron chi connectivity index (χ4n) is 1.62. The average Bonchev–Trinajstić information content (AvgIpc) is 2.50. The van der Waals surface area contributed by atoms with Crippen molar-refractivity contribution in [3.8, 4) is 5.75 Å². The largest absolute Gasteiger partial charge is 0.497 e. The van der Waals surface area contributed by atoms with Gasteiger partial charge in [-0.1, -0.05) is 35.3 Å². The molecule has 1 amide bonds. The van der Waals surface area contributed by atoms with Crippen LogP contribution < -0.4 is 10.2 Å². The molecule has 0 aliphatic carbocycles. The van der Waals surface area contributed by atoms with Crippen molar-refractivity contribution < 1.29 is 9.53 Å². The predicted molar refractivity (Wildman–Crippen MR) is 84.5 cm³/mol. The number of nitrogens with zero attached hydrogens (tertiary/aromatic N) is 1. The summed E-state index contributed by atoms with van der Waals surface area (Å²) in [7, 11) is 1.54. The molecule has 1 N–H and O–H groups in total. The zero-order valence-electron chi connectivity index (χ0n) is 11.1. The highest BCUT2D eigenvalue weighted by Crippen LogP contribution is 2.22. The molecule has 0 aliphatic rings. The van der Waals surface area contributed by atoms with E-state index in [1.54, 1.807) is 42.5 Å². The number of rotatable bonds is 4. The second-order valence-corrected chi connectivity index (χ2v) is 4.88. The summed E-state index contributed by atoms with van der Waals surface area (Å²) < 4.78 is 5.06. The molecule has 0 saturated heterocycles. The van der Waals surface area contributed by atoms with Crippen molar-refractivity contribution in [3.05, 3.63) is 63.6 Å². The van der Waals surface area contributed by atoms with Crippen LogP contribution in [0.3, 0.4) is 0 Å². The van der Waals surface area contributed by atoms with Gasteiger partial charge in [0, 0.05) is 11.1 Å². The topological polar surface area (TPSA) is 50.7 Å². The SMILES string of the molecule is COc1cccc(C(=O)N/N=C/c2c(Cl)cccc2Cl)c1. The summed E-state index contributed by atoms with van der Waals surface area (Å²) in [5, 5.41) is 4.78. The molecule has 0 unspecified atom stereocenters. The number of carbonyl (C=O) groups is 1. The van der Waals surface area contributed by atoms with Crippen molar-refractivity contribution in [2.45, 2.75) is 0 Å². The van der Waals surface area contributed by atoms with Gasteiger partial charge in [-0.25, -0.2) is 5.43 Å². The van der Waals surface area contributed by atoms with Gasteiger partial charge in [0.15, 0.2) is 0 Å². The zero-order chi connectivity index (χ0) is 15.2. The Balaban J connectivity index is 2.08. The third-order valence-corrected chi connectivity index (χ3v) is 3.35. The van der Waals surface area contributed by atoms with Crippen LogP contribution in [0.4, 0.5) is 0 Å². The first-order valence-corrected chi connectivity index (χ1v) is 6.79. The van der Waals surface area contributed by atoms with E-state index >= 15 is 0 Å². The van der Waals surface area contributed by atoms with Crippen molar-refractivity contribution >= 4 is 35.3 Å². The Hall–Kier alpha value is -2.04. The van der Waals surface area contributed by atoms with E-state index in [-0.39, 0.29) is 5.91 Å². The van der Waals surface area contributed by atoms with Gasteiger partial charge < -0.3 is 4.74 Å². The molecule has 0 aliphatic heterocycles. The van der Waals surface area contributed by atoms with Crippen molar-refractivity contribution in [1.29, 1.82) is 0 Å². The first-order valence-electron chi connectivity index (χ1n) is 6.03. The number of carbonyl (C=O) groups excluding carboxylic acids is 1. The van der Waals surface area contributed by atoms with Crippen LogP contribution in [0.1, 0.15) is 15.9 Å². The molecule has 2 aromatic rings. The van der Waals surface area contributed by atoms with Gasteiger partial charge in [0.25, 0.3) is 5.91 Å². The minimum atomic E-state index is -0.353. The fraction of sp³-hybridized carbons (Fsp3) is 0.0667. The minimum Gasteiger partial charge on any atom is -0.497 e. The standard InChI is InChI=1S/C15H12Cl2N2O2/c1-21-11-5-2-4-10(8-11)15(20)19-18-9-12-13(16)6-3-7-14(12)17/h2-9H,1H3,(H,19,20)/b18-9+. The number of methoxy groups -OCH3 is 1. The van der Waals surface area contributed by atoms with Crippen LogP contribution in [0.15, 0.2) is 47.6 Å². The van der Waals surface area contributed by atoms with Gasteiger partial charge >= 0.3 is 0 Å². The lowest BCUT2D eigenvalue weighted by molar-refractivity contribution is 0.0955. The Morgan fingerprint density at radius 1 is 1.19 bits per heavy atom. The van der Waals surface area contributed by atoms with Crippen LogP contribution in [0.25, 0.3) is 0 Å². The van der Waals surface area contributed by atoms with Gasteiger partial charge in [0.1, 0.15) is 5.75 Å². The smallest absolute Gasteiger partial charge is 0.271 e. The van der Waals surface area contributed by atoms with Crippen LogP contribution in [-0.2, 0) is 0 Å². The normalized spacial score (nSPS) is 10.6. The van der Waals surface area contributed by atoms with Crippen LogP contribution in [-0.4, -0.2) is 19.2 Å². The highest BCUT2D eigenvalue weighted by molar-refractivity contribution is 6.38. The molecule has 0 radical (unpaired) electrons. The third-order valence-electron chi connectivity index (χ3n) is 2.69. The van der Waals surface area contributed by atoms with Crippen LogP contribution in [0.2, 0.25) is 10.0 Å². The Labute approximate surface area is 132 Å². The van der Waals surface area contributed by atoms with Crippen LogP contribution in [0.5, 0.6) is 5.75 Å². The van der Waals surface area contributed by atoms with E-state index in [1.807, 2.05) is 0 Å². The number of hydrogen-bond acceptors (Lipinski definition) is 3. The molecule has 108 valence electrons. The van der Waals surface area contributed by atoms with Gasteiger partial charge in [-0.2, -0.15) is 5.10 Å². The quantitative estimate of drug-likeness (QED) is 0.688. The average molecular weight is 323 g/mol. The van der Waals surface area contributed by atoms with E-state index in [0.717, 1.165) is 0 Å². The molecule has 2 aromatic carbocycles.